The van der Waals surface area contributed by atoms with Crippen LogP contribution in [-0.4, -0.2) is 30.9 Å². The molecule has 0 aliphatic carbocycles. The van der Waals surface area contributed by atoms with Crippen molar-refractivity contribution in [3.63, 3.8) is 0 Å². The molecule has 2 aromatic carbocycles. The van der Waals surface area contributed by atoms with Gasteiger partial charge in [0.05, 0.1) is 11.1 Å². The van der Waals surface area contributed by atoms with Gasteiger partial charge in [0.2, 0.25) is 6.79 Å². The number of carbonyl (C=O) groups is 1. The normalized spacial score (nSPS) is 11.9. The van der Waals surface area contributed by atoms with Crippen molar-refractivity contribution >= 4 is 28.4 Å². The molecule has 0 bridgehead atoms. The first-order valence-corrected chi connectivity index (χ1v) is 10.6. The number of aromatic nitrogens is 1. The molecular weight excluding hydrogens is 406 g/mol. The maximum absolute atomic E-state index is 12.1. The summed E-state index contributed by atoms with van der Waals surface area (Å²) in [7, 11) is 0. The first-order chi connectivity index (χ1) is 15.5. The van der Waals surface area contributed by atoms with E-state index >= 15 is 0 Å². The number of anilines is 2. The molecule has 0 spiro atoms. The van der Waals surface area contributed by atoms with Crippen molar-refractivity contribution in [2.24, 2.45) is 0 Å². The number of hydrogen-bond acceptors (Lipinski definition) is 6. The van der Waals surface area contributed by atoms with E-state index in [4.69, 9.17) is 9.47 Å². The van der Waals surface area contributed by atoms with Crippen LogP contribution in [0.1, 0.15) is 37.3 Å². The number of amides is 2. The van der Waals surface area contributed by atoms with Gasteiger partial charge in [-0.05, 0) is 42.2 Å². The Hall–Kier alpha value is -3.99. The first kappa shape index (κ1) is 21.2. The minimum atomic E-state index is -0.250. The minimum Gasteiger partial charge on any atom is -0.454 e. The van der Waals surface area contributed by atoms with E-state index in [1.807, 2.05) is 36.4 Å². The van der Waals surface area contributed by atoms with E-state index in [1.54, 1.807) is 6.07 Å². The van der Waals surface area contributed by atoms with Crippen LogP contribution >= 0.6 is 0 Å². The highest BCUT2D eigenvalue weighted by Crippen LogP contribution is 2.36. The average molecular weight is 431 g/mol. The Bertz CT molecular complexity index is 1170. The number of pyridine rings is 1. The zero-order chi connectivity index (χ0) is 22.5. The van der Waals surface area contributed by atoms with Crippen LogP contribution in [0.2, 0.25) is 0 Å². The summed E-state index contributed by atoms with van der Waals surface area (Å²) in [6.45, 7) is 5.49. The van der Waals surface area contributed by atoms with Crippen LogP contribution in [0.25, 0.3) is 10.9 Å². The molecule has 0 radical (unpaired) electrons. The smallest absolute Gasteiger partial charge is 0.319 e. The van der Waals surface area contributed by atoms with Crippen molar-refractivity contribution in [1.29, 1.82) is 5.26 Å². The lowest BCUT2D eigenvalue weighted by atomic mass is 10.0. The molecule has 0 saturated carbocycles. The highest BCUT2D eigenvalue weighted by Gasteiger charge is 2.16. The van der Waals surface area contributed by atoms with Crippen molar-refractivity contribution in [3.05, 3.63) is 53.6 Å². The first-order valence-electron chi connectivity index (χ1n) is 10.6. The summed E-state index contributed by atoms with van der Waals surface area (Å²) in [5, 5.41) is 19.1. The molecule has 1 aliphatic rings. The van der Waals surface area contributed by atoms with Gasteiger partial charge in [-0.2, -0.15) is 5.26 Å². The summed E-state index contributed by atoms with van der Waals surface area (Å²) in [5.74, 6) is 2.26. The van der Waals surface area contributed by atoms with Gasteiger partial charge in [-0.15, -0.1) is 0 Å². The number of rotatable bonds is 7. The second kappa shape index (κ2) is 9.43. The van der Waals surface area contributed by atoms with Gasteiger partial charge >= 0.3 is 6.03 Å². The van der Waals surface area contributed by atoms with Crippen molar-refractivity contribution in [3.8, 4) is 17.6 Å². The highest BCUT2D eigenvalue weighted by atomic mass is 16.7. The molecular formula is C24H25N5O3. The lowest BCUT2D eigenvalue weighted by molar-refractivity contribution is 0.174. The van der Waals surface area contributed by atoms with Crippen LogP contribution in [0, 0.1) is 11.3 Å². The Kier molecular flexibility index (Phi) is 6.26. The van der Waals surface area contributed by atoms with Crippen molar-refractivity contribution in [1.82, 2.24) is 10.3 Å². The topological polar surface area (TPSA) is 108 Å². The molecule has 4 rings (SSSR count). The van der Waals surface area contributed by atoms with Crippen molar-refractivity contribution in [2.45, 2.75) is 26.2 Å². The number of fused-ring (bicyclic) bond motifs is 2. The number of ether oxygens (including phenoxy) is 2. The molecule has 1 aliphatic heterocycles. The number of carbonyl (C=O) groups excluding carboxylic acids is 1. The lowest BCUT2D eigenvalue weighted by Gasteiger charge is -2.11. The van der Waals surface area contributed by atoms with E-state index in [0.717, 1.165) is 16.6 Å². The maximum Gasteiger partial charge on any atom is 0.319 e. The molecule has 0 fully saturated rings. The van der Waals surface area contributed by atoms with Crippen LogP contribution in [0.15, 0.2) is 42.5 Å². The number of hydrogen-bond donors (Lipinski definition) is 3. The Morgan fingerprint density at radius 1 is 1.12 bits per heavy atom. The van der Waals surface area contributed by atoms with E-state index in [-0.39, 0.29) is 12.8 Å². The highest BCUT2D eigenvalue weighted by molar-refractivity contribution is 5.89. The summed E-state index contributed by atoms with van der Waals surface area (Å²) >= 11 is 0. The van der Waals surface area contributed by atoms with Crippen LogP contribution in [0.5, 0.6) is 11.5 Å². The Morgan fingerprint density at radius 3 is 2.59 bits per heavy atom. The van der Waals surface area contributed by atoms with Gasteiger partial charge in [-0.3, -0.25) is 0 Å². The fourth-order valence-electron chi connectivity index (χ4n) is 3.41. The van der Waals surface area contributed by atoms with Crippen LogP contribution in [0.4, 0.5) is 16.3 Å². The van der Waals surface area contributed by atoms with Gasteiger partial charge in [0.1, 0.15) is 11.9 Å². The van der Waals surface area contributed by atoms with Crippen LogP contribution in [0.3, 0.4) is 0 Å². The third-order valence-electron chi connectivity index (χ3n) is 5.20. The van der Waals surface area contributed by atoms with Gasteiger partial charge in [-0.1, -0.05) is 26.0 Å². The number of nitrogens with zero attached hydrogens (tertiary/aromatic N) is 2. The van der Waals surface area contributed by atoms with E-state index < -0.39 is 0 Å². The predicted molar refractivity (Wildman–Crippen MR) is 123 cm³/mol. The van der Waals surface area contributed by atoms with Crippen molar-refractivity contribution in [2.75, 3.05) is 30.5 Å². The monoisotopic (exact) mass is 431 g/mol. The molecule has 0 atom stereocenters. The largest absolute Gasteiger partial charge is 0.454 e. The van der Waals surface area contributed by atoms with E-state index in [9.17, 15) is 10.1 Å². The SMILES string of the molecule is CC(C)c1ccc(NC(=O)NCCCNc2nc3cc4c(cc3cc2C#N)OCO4)cc1. The Balaban J connectivity index is 1.27. The summed E-state index contributed by atoms with van der Waals surface area (Å²) in [6.07, 6.45) is 0.672. The Morgan fingerprint density at radius 2 is 1.88 bits per heavy atom. The predicted octanol–water partition coefficient (Wildman–Crippen LogP) is 4.58. The lowest BCUT2D eigenvalue weighted by Crippen LogP contribution is -2.30. The summed E-state index contributed by atoms with van der Waals surface area (Å²) < 4.78 is 10.8. The molecule has 8 heteroatoms. The molecule has 3 aromatic rings. The number of benzene rings is 2. The third-order valence-corrected chi connectivity index (χ3v) is 5.20. The van der Waals surface area contributed by atoms with Gasteiger partial charge in [-0.25, -0.2) is 9.78 Å². The van der Waals surface area contributed by atoms with E-state index in [2.05, 4.69) is 40.9 Å². The average Bonchev–Trinajstić information content (AvgIpc) is 3.24. The second-order valence-corrected chi connectivity index (χ2v) is 7.83. The molecule has 3 N–H and O–H groups in total. The number of nitriles is 1. The van der Waals surface area contributed by atoms with Gasteiger partial charge in [0.25, 0.3) is 0 Å². The molecule has 2 amide bonds. The summed E-state index contributed by atoms with van der Waals surface area (Å²) in [4.78, 5) is 16.6. The third kappa shape index (κ3) is 4.83. The molecule has 8 nitrogen and oxygen atoms in total. The molecule has 0 unspecified atom stereocenters. The molecule has 0 saturated heterocycles. The van der Waals surface area contributed by atoms with E-state index in [0.29, 0.717) is 48.3 Å². The quantitative estimate of drug-likeness (QED) is 0.473. The number of urea groups is 1. The van der Waals surface area contributed by atoms with E-state index in [1.165, 1.54) is 5.56 Å². The minimum absolute atomic E-state index is 0.186. The summed E-state index contributed by atoms with van der Waals surface area (Å²) in [6, 6.07) is 15.2. The van der Waals surface area contributed by atoms with Gasteiger partial charge in [0, 0.05) is 30.2 Å². The standard InChI is InChI=1S/C24H25N5O3/c1-15(2)16-4-6-19(7-5-16)28-24(30)27-9-3-8-26-23-18(13-25)10-17-11-21-22(32-14-31-21)12-20(17)29-23/h4-7,10-12,15H,3,8-9,14H2,1-2H3,(H,26,29)(H2,27,28,30). The zero-order valence-electron chi connectivity index (χ0n) is 18.1. The zero-order valence-corrected chi connectivity index (χ0v) is 18.1. The maximum atomic E-state index is 12.1. The summed E-state index contributed by atoms with van der Waals surface area (Å²) in [5.41, 5.74) is 3.15. The Labute approximate surface area is 186 Å². The van der Waals surface area contributed by atoms with Crippen LogP contribution in [-0.2, 0) is 0 Å². The van der Waals surface area contributed by atoms with Gasteiger partial charge < -0.3 is 25.4 Å². The molecule has 1 aromatic heterocycles. The fourth-order valence-corrected chi connectivity index (χ4v) is 3.41. The van der Waals surface area contributed by atoms with Crippen molar-refractivity contribution < 1.29 is 14.3 Å². The number of nitrogens with one attached hydrogen (secondary N) is 3. The molecule has 164 valence electrons. The van der Waals surface area contributed by atoms with Crippen LogP contribution < -0.4 is 25.4 Å². The van der Waals surface area contributed by atoms with Gasteiger partial charge in [0.15, 0.2) is 11.5 Å². The fraction of sp³-hybridized carbons (Fsp3) is 0.292. The molecule has 2 heterocycles. The molecule has 32 heavy (non-hydrogen) atoms. The second-order valence-electron chi connectivity index (χ2n) is 7.83.